The van der Waals surface area contributed by atoms with E-state index in [1.54, 1.807) is 48.5 Å². The van der Waals surface area contributed by atoms with Gasteiger partial charge < -0.3 is 9.47 Å². The molecule has 1 aliphatic heterocycles. The third-order valence-corrected chi connectivity index (χ3v) is 7.39. The lowest BCUT2D eigenvalue weighted by Gasteiger charge is -2.15. The van der Waals surface area contributed by atoms with E-state index in [2.05, 4.69) is 15.9 Å². The molecule has 4 rings (SSSR count). The van der Waals surface area contributed by atoms with Gasteiger partial charge in [0, 0.05) is 5.56 Å². The Balaban J connectivity index is 1.56. The summed E-state index contributed by atoms with van der Waals surface area (Å²) in [5.41, 5.74) is 1.72. The maximum Gasteiger partial charge on any atom is 0.293 e. The van der Waals surface area contributed by atoms with Crippen LogP contribution in [-0.2, 0) is 17.9 Å². The first-order valence-electron chi connectivity index (χ1n) is 10.8. The van der Waals surface area contributed by atoms with E-state index in [0.29, 0.717) is 38.2 Å². The molecule has 3 aromatic rings. The summed E-state index contributed by atoms with van der Waals surface area (Å²) in [5, 5.41) is 0.431. The SMILES string of the molecule is CCOc1cc(/C=C2\SC(=O)N(Cc3ccccc3F)C2=O)cc(Br)c1OCc1ccc(Cl)c(Cl)c1. The number of thioether (sulfide) groups is 1. The molecule has 1 fully saturated rings. The van der Waals surface area contributed by atoms with Crippen molar-refractivity contribution in [2.75, 3.05) is 6.61 Å². The van der Waals surface area contributed by atoms with Crippen molar-refractivity contribution < 1.29 is 23.5 Å². The first-order valence-corrected chi connectivity index (χ1v) is 13.1. The zero-order valence-corrected chi connectivity index (χ0v) is 22.8. The molecule has 1 saturated heterocycles. The highest BCUT2D eigenvalue weighted by atomic mass is 79.9. The molecule has 1 aliphatic rings. The van der Waals surface area contributed by atoms with E-state index in [0.717, 1.165) is 22.2 Å². The van der Waals surface area contributed by atoms with Gasteiger partial charge in [0.1, 0.15) is 12.4 Å². The van der Waals surface area contributed by atoms with Crippen molar-refractivity contribution in [3.63, 3.8) is 0 Å². The Morgan fingerprint density at radius 2 is 1.83 bits per heavy atom. The predicted octanol–water partition coefficient (Wildman–Crippen LogP) is 8.11. The molecular formula is C26H19BrCl2FNO4S. The molecule has 3 aromatic carbocycles. The largest absolute Gasteiger partial charge is 0.490 e. The number of carbonyl (C=O) groups is 2. The molecule has 0 radical (unpaired) electrons. The Morgan fingerprint density at radius 1 is 1.06 bits per heavy atom. The number of carbonyl (C=O) groups excluding carboxylic acids is 2. The number of amides is 2. The molecular weight excluding hydrogens is 592 g/mol. The molecule has 0 atom stereocenters. The van der Waals surface area contributed by atoms with Crippen LogP contribution in [-0.4, -0.2) is 22.7 Å². The van der Waals surface area contributed by atoms with Gasteiger partial charge in [-0.2, -0.15) is 0 Å². The minimum absolute atomic E-state index is 0.135. The number of nitrogens with zero attached hydrogens (tertiary/aromatic N) is 1. The van der Waals surface area contributed by atoms with Crippen LogP contribution >= 0.6 is 50.9 Å². The van der Waals surface area contributed by atoms with E-state index >= 15 is 0 Å². The van der Waals surface area contributed by atoms with Crippen LogP contribution in [0.25, 0.3) is 6.08 Å². The lowest BCUT2D eigenvalue weighted by molar-refractivity contribution is -0.123. The second-order valence-electron chi connectivity index (χ2n) is 7.66. The standard InChI is InChI=1S/C26H19BrCl2FNO4S/c1-2-34-22-11-16(9-18(27)24(22)35-14-15-7-8-19(28)20(29)10-15)12-23-25(32)31(26(33)36-23)13-17-5-3-4-6-21(17)30/h3-12H,2,13-14H2,1H3/b23-12-. The molecule has 2 amide bonds. The average molecular weight is 611 g/mol. The summed E-state index contributed by atoms with van der Waals surface area (Å²) in [6.45, 7) is 2.32. The Bertz CT molecular complexity index is 1370. The van der Waals surface area contributed by atoms with E-state index in [9.17, 15) is 14.0 Å². The third-order valence-electron chi connectivity index (χ3n) is 5.16. The number of ether oxygens (including phenoxy) is 2. The van der Waals surface area contributed by atoms with Gasteiger partial charge in [0.25, 0.3) is 11.1 Å². The molecule has 36 heavy (non-hydrogen) atoms. The summed E-state index contributed by atoms with van der Waals surface area (Å²) in [7, 11) is 0. The summed E-state index contributed by atoms with van der Waals surface area (Å²) in [6.07, 6.45) is 1.60. The van der Waals surface area contributed by atoms with Crippen LogP contribution in [0.5, 0.6) is 11.5 Å². The van der Waals surface area contributed by atoms with E-state index in [-0.39, 0.29) is 23.6 Å². The summed E-state index contributed by atoms with van der Waals surface area (Å²) in [5.74, 6) is -0.0129. The van der Waals surface area contributed by atoms with Gasteiger partial charge in [0.2, 0.25) is 0 Å². The highest BCUT2D eigenvalue weighted by Gasteiger charge is 2.35. The molecule has 0 N–H and O–H groups in total. The quantitative estimate of drug-likeness (QED) is 0.241. The van der Waals surface area contributed by atoms with Gasteiger partial charge >= 0.3 is 0 Å². The molecule has 0 bridgehead atoms. The zero-order chi connectivity index (χ0) is 25.8. The molecule has 0 aliphatic carbocycles. The number of benzene rings is 3. The molecule has 5 nitrogen and oxygen atoms in total. The Labute approximate surface area is 230 Å². The van der Waals surface area contributed by atoms with Gasteiger partial charge in [-0.25, -0.2) is 4.39 Å². The van der Waals surface area contributed by atoms with Crippen LogP contribution in [0.1, 0.15) is 23.6 Å². The smallest absolute Gasteiger partial charge is 0.293 e. The molecule has 0 aromatic heterocycles. The Morgan fingerprint density at radius 3 is 2.56 bits per heavy atom. The fourth-order valence-electron chi connectivity index (χ4n) is 3.44. The van der Waals surface area contributed by atoms with Crippen LogP contribution in [0.2, 0.25) is 10.0 Å². The van der Waals surface area contributed by atoms with Gasteiger partial charge in [-0.05, 0) is 82.2 Å². The Hall–Kier alpha value is -2.52. The lowest BCUT2D eigenvalue weighted by Crippen LogP contribution is -2.27. The van der Waals surface area contributed by atoms with Crippen LogP contribution in [0.15, 0.2) is 64.0 Å². The van der Waals surface area contributed by atoms with Gasteiger partial charge in [-0.1, -0.05) is 47.5 Å². The first kappa shape index (κ1) is 26.5. The molecule has 0 spiro atoms. The Kier molecular flexibility index (Phi) is 8.62. The summed E-state index contributed by atoms with van der Waals surface area (Å²) < 4.78 is 26.4. The van der Waals surface area contributed by atoms with Gasteiger partial charge in [-0.3, -0.25) is 14.5 Å². The van der Waals surface area contributed by atoms with Gasteiger partial charge in [0.15, 0.2) is 11.5 Å². The minimum atomic E-state index is -0.484. The van der Waals surface area contributed by atoms with Crippen LogP contribution in [0.4, 0.5) is 9.18 Å². The van der Waals surface area contributed by atoms with Crippen molar-refractivity contribution in [3.05, 3.63) is 96.5 Å². The zero-order valence-electron chi connectivity index (χ0n) is 18.9. The first-order chi connectivity index (χ1) is 17.3. The summed E-state index contributed by atoms with van der Waals surface area (Å²) in [6, 6.07) is 14.8. The average Bonchev–Trinajstić information content (AvgIpc) is 3.09. The van der Waals surface area contributed by atoms with Gasteiger partial charge in [0.05, 0.1) is 32.6 Å². The predicted molar refractivity (Wildman–Crippen MR) is 144 cm³/mol. The fourth-order valence-corrected chi connectivity index (χ4v) is 5.18. The van der Waals surface area contributed by atoms with Gasteiger partial charge in [-0.15, -0.1) is 0 Å². The van der Waals surface area contributed by atoms with Crippen LogP contribution in [0, 0.1) is 5.82 Å². The van der Waals surface area contributed by atoms with Crippen molar-refractivity contribution in [2.24, 2.45) is 0 Å². The van der Waals surface area contributed by atoms with Crippen molar-refractivity contribution in [1.82, 2.24) is 4.90 Å². The molecule has 186 valence electrons. The fraction of sp³-hybridized carbons (Fsp3) is 0.154. The highest BCUT2D eigenvalue weighted by molar-refractivity contribution is 9.10. The van der Waals surface area contributed by atoms with Crippen molar-refractivity contribution in [1.29, 1.82) is 0 Å². The molecule has 1 heterocycles. The number of rotatable bonds is 8. The second kappa shape index (κ2) is 11.7. The number of hydrogen-bond donors (Lipinski definition) is 0. The maximum atomic E-state index is 14.0. The third kappa shape index (κ3) is 6.06. The molecule has 0 unspecified atom stereocenters. The molecule has 0 saturated carbocycles. The highest BCUT2D eigenvalue weighted by Crippen LogP contribution is 2.40. The van der Waals surface area contributed by atoms with Crippen LogP contribution in [0.3, 0.4) is 0 Å². The van der Waals surface area contributed by atoms with E-state index in [4.69, 9.17) is 32.7 Å². The van der Waals surface area contributed by atoms with Crippen molar-refractivity contribution in [2.45, 2.75) is 20.1 Å². The van der Waals surface area contributed by atoms with Crippen molar-refractivity contribution in [3.8, 4) is 11.5 Å². The van der Waals surface area contributed by atoms with E-state index in [1.165, 1.54) is 6.07 Å². The number of halogens is 4. The van der Waals surface area contributed by atoms with Crippen LogP contribution < -0.4 is 9.47 Å². The monoisotopic (exact) mass is 609 g/mol. The number of hydrogen-bond acceptors (Lipinski definition) is 5. The number of imide groups is 1. The van der Waals surface area contributed by atoms with Crippen molar-refractivity contribution >= 4 is 68.1 Å². The topological polar surface area (TPSA) is 55.8 Å². The molecule has 10 heteroatoms. The lowest BCUT2D eigenvalue weighted by atomic mass is 10.1. The summed E-state index contributed by atoms with van der Waals surface area (Å²) >= 11 is 16.4. The summed E-state index contributed by atoms with van der Waals surface area (Å²) in [4.78, 5) is 26.7. The van der Waals surface area contributed by atoms with E-state index in [1.807, 2.05) is 13.0 Å². The normalized spacial score (nSPS) is 14.6. The second-order valence-corrected chi connectivity index (χ2v) is 10.3. The maximum absolute atomic E-state index is 14.0. The minimum Gasteiger partial charge on any atom is -0.490 e. The van der Waals surface area contributed by atoms with E-state index < -0.39 is 17.0 Å².